The fourth-order valence-electron chi connectivity index (χ4n) is 3.15. The molecule has 0 saturated heterocycles. The van der Waals surface area contributed by atoms with Crippen molar-refractivity contribution in [2.45, 2.75) is 45.7 Å². The van der Waals surface area contributed by atoms with Gasteiger partial charge in [-0.05, 0) is 43.5 Å². The third-order valence-electron chi connectivity index (χ3n) is 4.69. The highest BCUT2D eigenvalue weighted by molar-refractivity contribution is 6.36. The van der Waals surface area contributed by atoms with Gasteiger partial charge in [-0.3, -0.25) is 9.59 Å². The van der Waals surface area contributed by atoms with Gasteiger partial charge < -0.3 is 10.2 Å². The van der Waals surface area contributed by atoms with E-state index in [4.69, 9.17) is 34.8 Å². The average Bonchev–Trinajstić information content (AvgIpc) is 2.69. The Hall–Kier alpha value is -1.75. The van der Waals surface area contributed by atoms with E-state index in [0.29, 0.717) is 40.0 Å². The largest absolute Gasteiger partial charge is 0.355 e. The minimum absolute atomic E-state index is 0.154. The number of carbonyl (C=O) groups is 2. The molecule has 2 aromatic rings. The number of nitrogens with zero attached hydrogens (tertiary/aromatic N) is 1. The van der Waals surface area contributed by atoms with E-state index in [0.717, 1.165) is 5.56 Å². The molecule has 1 unspecified atom stereocenters. The Bertz CT molecular complexity index is 837. The van der Waals surface area contributed by atoms with Gasteiger partial charge in [0.2, 0.25) is 11.8 Å². The molecule has 0 spiro atoms. The first-order valence-corrected chi connectivity index (χ1v) is 10.8. The highest BCUT2D eigenvalue weighted by Crippen LogP contribution is 2.27. The normalized spacial score (nSPS) is 11.8. The van der Waals surface area contributed by atoms with E-state index in [1.165, 1.54) is 0 Å². The number of likely N-dealkylation sites (N-methyl/N-ethyl adjacent to an activating group) is 1. The van der Waals surface area contributed by atoms with Gasteiger partial charge in [0.25, 0.3) is 0 Å². The topological polar surface area (TPSA) is 49.4 Å². The van der Waals surface area contributed by atoms with Crippen LogP contribution in [0.25, 0.3) is 0 Å². The second kappa shape index (κ2) is 11.4. The van der Waals surface area contributed by atoms with Crippen molar-refractivity contribution in [3.63, 3.8) is 0 Å². The number of amides is 2. The zero-order valence-corrected chi connectivity index (χ0v) is 18.8. The molecule has 1 N–H and O–H groups in total. The Balaban J connectivity index is 2.28. The van der Waals surface area contributed by atoms with Crippen LogP contribution in [-0.4, -0.2) is 29.3 Å². The van der Waals surface area contributed by atoms with Crippen LogP contribution in [-0.2, 0) is 22.6 Å². The summed E-state index contributed by atoms with van der Waals surface area (Å²) in [5.41, 5.74) is 1.52. The fourth-order valence-corrected chi connectivity index (χ4v) is 3.90. The quantitative estimate of drug-likeness (QED) is 0.541. The minimum atomic E-state index is -0.610. The molecule has 4 nitrogen and oxygen atoms in total. The van der Waals surface area contributed by atoms with Gasteiger partial charge in [0, 0.05) is 40.1 Å². The number of halogens is 3. The van der Waals surface area contributed by atoms with Crippen molar-refractivity contribution >= 4 is 46.6 Å². The molecule has 29 heavy (non-hydrogen) atoms. The van der Waals surface area contributed by atoms with Crippen LogP contribution in [0, 0.1) is 0 Å². The van der Waals surface area contributed by atoms with Crippen molar-refractivity contribution in [1.29, 1.82) is 0 Å². The predicted octanol–water partition coefficient (Wildman–Crippen LogP) is 5.52. The first-order valence-electron chi connectivity index (χ1n) is 9.62. The van der Waals surface area contributed by atoms with Crippen LogP contribution in [0.5, 0.6) is 0 Å². The lowest BCUT2D eigenvalue weighted by Gasteiger charge is -2.31. The third-order valence-corrected chi connectivity index (χ3v) is 5.77. The number of hydrogen-bond donors (Lipinski definition) is 1. The first-order chi connectivity index (χ1) is 13.9. The molecule has 0 saturated carbocycles. The van der Waals surface area contributed by atoms with E-state index in [1.807, 2.05) is 32.0 Å². The number of nitrogens with one attached hydrogen (secondary N) is 1. The summed E-state index contributed by atoms with van der Waals surface area (Å²) in [7, 11) is 0. The Labute approximate surface area is 187 Å². The van der Waals surface area contributed by atoms with Gasteiger partial charge in [-0.25, -0.2) is 0 Å². The summed E-state index contributed by atoms with van der Waals surface area (Å²) in [5, 5.41) is 4.36. The highest BCUT2D eigenvalue weighted by Gasteiger charge is 2.29. The average molecular weight is 456 g/mol. The van der Waals surface area contributed by atoms with Crippen LogP contribution in [0.4, 0.5) is 0 Å². The van der Waals surface area contributed by atoms with Crippen molar-refractivity contribution in [2.24, 2.45) is 0 Å². The van der Waals surface area contributed by atoms with Crippen LogP contribution in [0.2, 0.25) is 15.1 Å². The lowest BCUT2D eigenvalue weighted by molar-refractivity contribution is -0.141. The van der Waals surface area contributed by atoms with E-state index in [1.54, 1.807) is 29.2 Å². The van der Waals surface area contributed by atoms with E-state index < -0.39 is 6.04 Å². The van der Waals surface area contributed by atoms with Crippen LogP contribution in [0.15, 0.2) is 42.5 Å². The van der Waals surface area contributed by atoms with Crippen molar-refractivity contribution in [2.75, 3.05) is 6.54 Å². The molecule has 7 heteroatoms. The standard InChI is InChI=1S/C22H25Cl3N2O2/c1-3-20(22(29)26-4-2)27(14-16-18(24)10-7-11-19(16)25)21(28)13-12-15-8-5-6-9-17(15)23/h5-11,20H,3-4,12-14H2,1-2H3,(H,26,29). The monoisotopic (exact) mass is 454 g/mol. The maximum atomic E-state index is 13.2. The highest BCUT2D eigenvalue weighted by atomic mass is 35.5. The number of rotatable bonds is 9. The Morgan fingerprint density at radius 3 is 2.17 bits per heavy atom. The second-order valence-electron chi connectivity index (χ2n) is 6.63. The first kappa shape index (κ1) is 23.5. The smallest absolute Gasteiger partial charge is 0.242 e. The van der Waals surface area contributed by atoms with Crippen molar-refractivity contribution < 1.29 is 9.59 Å². The molecule has 156 valence electrons. The molecule has 0 aliphatic heterocycles. The van der Waals surface area contributed by atoms with Crippen LogP contribution in [0.3, 0.4) is 0 Å². The van der Waals surface area contributed by atoms with Crippen LogP contribution >= 0.6 is 34.8 Å². The molecule has 0 heterocycles. The van der Waals surface area contributed by atoms with Gasteiger partial charge in [-0.1, -0.05) is 66.0 Å². The summed E-state index contributed by atoms with van der Waals surface area (Å²) in [6, 6.07) is 12.0. The lowest BCUT2D eigenvalue weighted by atomic mass is 10.1. The summed E-state index contributed by atoms with van der Waals surface area (Å²) < 4.78 is 0. The number of hydrogen-bond acceptors (Lipinski definition) is 2. The second-order valence-corrected chi connectivity index (χ2v) is 7.85. The molecule has 2 aromatic carbocycles. The number of benzene rings is 2. The predicted molar refractivity (Wildman–Crippen MR) is 120 cm³/mol. The van der Waals surface area contributed by atoms with Gasteiger partial charge >= 0.3 is 0 Å². The van der Waals surface area contributed by atoms with Crippen LogP contribution < -0.4 is 5.32 Å². The van der Waals surface area contributed by atoms with Gasteiger partial charge in [0.15, 0.2) is 0 Å². The third kappa shape index (κ3) is 6.36. The molecule has 2 rings (SSSR count). The van der Waals surface area contributed by atoms with E-state index in [-0.39, 0.29) is 24.8 Å². The molecule has 0 aliphatic rings. The van der Waals surface area contributed by atoms with Gasteiger partial charge in [-0.15, -0.1) is 0 Å². The van der Waals surface area contributed by atoms with Crippen molar-refractivity contribution in [3.05, 3.63) is 68.7 Å². The van der Waals surface area contributed by atoms with E-state index >= 15 is 0 Å². The van der Waals surface area contributed by atoms with E-state index in [9.17, 15) is 9.59 Å². The van der Waals surface area contributed by atoms with Crippen molar-refractivity contribution in [1.82, 2.24) is 10.2 Å². The molecular weight excluding hydrogens is 431 g/mol. The summed E-state index contributed by atoms with van der Waals surface area (Å²) in [4.78, 5) is 27.4. The molecule has 0 bridgehead atoms. The number of aryl methyl sites for hydroxylation is 1. The zero-order valence-electron chi connectivity index (χ0n) is 16.6. The summed E-state index contributed by atoms with van der Waals surface area (Å²) in [6.45, 7) is 4.38. The molecule has 2 amide bonds. The molecule has 0 fully saturated rings. The Kier molecular flexibility index (Phi) is 9.28. The Morgan fingerprint density at radius 1 is 0.966 bits per heavy atom. The molecule has 0 radical (unpaired) electrons. The molecule has 0 aromatic heterocycles. The minimum Gasteiger partial charge on any atom is -0.355 e. The van der Waals surface area contributed by atoms with Gasteiger partial charge in [-0.2, -0.15) is 0 Å². The van der Waals surface area contributed by atoms with Crippen LogP contribution in [0.1, 0.15) is 37.8 Å². The van der Waals surface area contributed by atoms with Crippen molar-refractivity contribution in [3.8, 4) is 0 Å². The van der Waals surface area contributed by atoms with E-state index in [2.05, 4.69) is 5.32 Å². The van der Waals surface area contributed by atoms with Gasteiger partial charge in [0.05, 0.1) is 0 Å². The maximum Gasteiger partial charge on any atom is 0.242 e. The summed E-state index contributed by atoms with van der Waals surface area (Å²) >= 11 is 18.9. The zero-order chi connectivity index (χ0) is 21.4. The molecule has 0 aliphatic carbocycles. The maximum absolute atomic E-state index is 13.2. The summed E-state index contributed by atoms with van der Waals surface area (Å²) in [5.74, 6) is -0.344. The lowest BCUT2D eigenvalue weighted by Crippen LogP contribution is -2.49. The van der Waals surface area contributed by atoms with Gasteiger partial charge in [0.1, 0.15) is 6.04 Å². The summed E-state index contributed by atoms with van der Waals surface area (Å²) in [6.07, 6.45) is 1.19. The molecule has 1 atom stereocenters. The Morgan fingerprint density at radius 2 is 1.59 bits per heavy atom. The SMILES string of the molecule is CCNC(=O)C(CC)N(Cc1c(Cl)cccc1Cl)C(=O)CCc1ccccc1Cl. The molecular formula is C22H25Cl3N2O2. The number of carbonyl (C=O) groups excluding carboxylic acids is 2. The fraction of sp³-hybridized carbons (Fsp3) is 0.364.